The molecule has 0 aromatic carbocycles. The van der Waals surface area contributed by atoms with Crippen LogP contribution >= 0.6 is 0 Å². The molecule has 3 nitrogen and oxygen atoms in total. The van der Waals surface area contributed by atoms with Crippen LogP contribution in [0.5, 0.6) is 0 Å². The molecule has 1 aromatic rings. The van der Waals surface area contributed by atoms with E-state index in [1.165, 1.54) is 43.7 Å². The third kappa shape index (κ3) is 4.83. The summed E-state index contributed by atoms with van der Waals surface area (Å²) in [6.07, 6.45) is 7.11. The minimum atomic E-state index is 0.885. The van der Waals surface area contributed by atoms with Crippen LogP contribution in [-0.2, 0) is 6.54 Å². The Balaban J connectivity index is 1.90. The highest BCUT2D eigenvalue weighted by Crippen LogP contribution is 2.18. The monoisotopic (exact) mass is 261 g/mol. The van der Waals surface area contributed by atoms with Gasteiger partial charge in [-0.3, -0.25) is 9.88 Å². The Kier molecular flexibility index (Phi) is 5.64. The number of hydrogen-bond acceptors (Lipinski definition) is 3. The summed E-state index contributed by atoms with van der Waals surface area (Å²) in [7, 11) is 0. The molecule has 2 heterocycles. The first kappa shape index (κ1) is 14.3. The molecule has 0 radical (unpaired) electrons. The average Bonchev–Trinajstić information content (AvgIpc) is 2.62. The maximum Gasteiger partial charge on any atom is 0.0564 e. The molecule has 1 aliphatic heterocycles. The molecule has 19 heavy (non-hydrogen) atoms. The van der Waals surface area contributed by atoms with E-state index in [0.29, 0.717) is 0 Å². The van der Waals surface area contributed by atoms with Crippen molar-refractivity contribution in [2.75, 3.05) is 25.0 Å². The van der Waals surface area contributed by atoms with Crippen molar-refractivity contribution in [3.63, 3.8) is 0 Å². The largest absolute Gasteiger partial charge is 0.385 e. The van der Waals surface area contributed by atoms with Gasteiger partial charge < -0.3 is 5.32 Å². The van der Waals surface area contributed by atoms with Gasteiger partial charge in [0.2, 0.25) is 0 Å². The summed E-state index contributed by atoms with van der Waals surface area (Å²) >= 11 is 0. The second kappa shape index (κ2) is 7.49. The number of nitrogens with one attached hydrogen (secondary N) is 1. The predicted octanol–water partition coefficient (Wildman–Crippen LogP) is 3.53. The molecular formula is C16H27N3. The topological polar surface area (TPSA) is 28.2 Å². The van der Waals surface area contributed by atoms with E-state index in [-0.39, 0.29) is 0 Å². The van der Waals surface area contributed by atoms with Crippen molar-refractivity contribution in [3.8, 4) is 0 Å². The minimum Gasteiger partial charge on any atom is -0.385 e. The van der Waals surface area contributed by atoms with Crippen LogP contribution in [-0.4, -0.2) is 29.5 Å². The third-order valence-corrected chi connectivity index (χ3v) is 3.89. The number of hydrogen-bond donors (Lipinski definition) is 1. The van der Waals surface area contributed by atoms with E-state index in [1.807, 2.05) is 6.20 Å². The fraction of sp³-hybridized carbons (Fsp3) is 0.688. The molecule has 1 aromatic heterocycles. The van der Waals surface area contributed by atoms with Crippen LogP contribution < -0.4 is 5.32 Å². The van der Waals surface area contributed by atoms with E-state index >= 15 is 0 Å². The first-order valence-electron chi connectivity index (χ1n) is 7.69. The molecule has 3 heteroatoms. The Morgan fingerprint density at radius 2 is 2.26 bits per heavy atom. The zero-order chi connectivity index (χ0) is 13.5. The highest BCUT2D eigenvalue weighted by Gasteiger charge is 2.14. The fourth-order valence-corrected chi connectivity index (χ4v) is 2.65. The number of pyridine rings is 1. The molecule has 106 valence electrons. The first-order chi connectivity index (χ1) is 9.28. The zero-order valence-corrected chi connectivity index (χ0v) is 12.4. The highest BCUT2D eigenvalue weighted by molar-refractivity contribution is 5.43. The first-order valence-corrected chi connectivity index (χ1v) is 7.69. The Hall–Kier alpha value is -1.09. The SMILES string of the molecule is CCCNc1ccnc(CN2CCCC(C)CC2)c1. The van der Waals surface area contributed by atoms with Gasteiger partial charge in [-0.2, -0.15) is 0 Å². The number of likely N-dealkylation sites (tertiary alicyclic amines) is 1. The normalized spacial score (nSPS) is 21.1. The second-order valence-electron chi connectivity index (χ2n) is 5.77. The quantitative estimate of drug-likeness (QED) is 0.879. The molecule has 1 unspecified atom stereocenters. The summed E-state index contributed by atoms with van der Waals surface area (Å²) in [5, 5.41) is 3.43. The Morgan fingerprint density at radius 3 is 3.11 bits per heavy atom. The molecule has 1 fully saturated rings. The number of nitrogens with zero attached hydrogens (tertiary/aromatic N) is 2. The van der Waals surface area contributed by atoms with Gasteiger partial charge in [-0.15, -0.1) is 0 Å². The van der Waals surface area contributed by atoms with Crippen molar-refractivity contribution in [1.29, 1.82) is 0 Å². The lowest BCUT2D eigenvalue weighted by Crippen LogP contribution is -2.24. The Labute approximate surface area is 117 Å². The summed E-state index contributed by atoms with van der Waals surface area (Å²) in [5.41, 5.74) is 2.39. The fourth-order valence-electron chi connectivity index (χ4n) is 2.65. The van der Waals surface area contributed by atoms with E-state index in [0.717, 1.165) is 25.4 Å². The molecule has 0 aliphatic carbocycles. The van der Waals surface area contributed by atoms with Crippen molar-refractivity contribution in [3.05, 3.63) is 24.0 Å². The molecule has 1 saturated heterocycles. The molecule has 0 bridgehead atoms. The van der Waals surface area contributed by atoms with E-state index in [2.05, 4.69) is 41.2 Å². The van der Waals surface area contributed by atoms with Gasteiger partial charge in [0.15, 0.2) is 0 Å². The van der Waals surface area contributed by atoms with Gasteiger partial charge in [0.25, 0.3) is 0 Å². The van der Waals surface area contributed by atoms with Gasteiger partial charge in [-0.25, -0.2) is 0 Å². The molecule has 1 aliphatic rings. The zero-order valence-electron chi connectivity index (χ0n) is 12.4. The number of rotatable bonds is 5. The molecule has 0 spiro atoms. The third-order valence-electron chi connectivity index (χ3n) is 3.89. The van der Waals surface area contributed by atoms with E-state index in [9.17, 15) is 0 Å². The summed E-state index contributed by atoms with van der Waals surface area (Å²) in [6.45, 7) is 9.03. The van der Waals surface area contributed by atoms with Crippen LogP contribution in [0.1, 0.15) is 45.2 Å². The van der Waals surface area contributed by atoms with Crippen LogP contribution in [0.4, 0.5) is 5.69 Å². The van der Waals surface area contributed by atoms with Crippen molar-refractivity contribution in [2.45, 2.75) is 46.1 Å². The van der Waals surface area contributed by atoms with E-state index in [4.69, 9.17) is 0 Å². The van der Waals surface area contributed by atoms with E-state index in [1.54, 1.807) is 0 Å². The van der Waals surface area contributed by atoms with Gasteiger partial charge >= 0.3 is 0 Å². The number of anilines is 1. The van der Waals surface area contributed by atoms with Crippen LogP contribution in [0.25, 0.3) is 0 Å². The molecule has 0 saturated carbocycles. The maximum absolute atomic E-state index is 4.51. The molecule has 1 N–H and O–H groups in total. The predicted molar refractivity (Wildman–Crippen MR) is 81.3 cm³/mol. The van der Waals surface area contributed by atoms with Gasteiger partial charge in [-0.1, -0.05) is 13.8 Å². The standard InChI is InChI=1S/C16H27N3/c1-3-8-17-15-6-9-18-16(12-15)13-19-10-4-5-14(2)7-11-19/h6,9,12,14H,3-5,7-8,10-11,13H2,1-2H3,(H,17,18). The summed E-state index contributed by atoms with van der Waals surface area (Å²) in [5.74, 6) is 0.885. The lowest BCUT2D eigenvalue weighted by Gasteiger charge is -2.19. The maximum atomic E-state index is 4.51. The molecule has 2 rings (SSSR count). The Morgan fingerprint density at radius 1 is 1.37 bits per heavy atom. The minimum absolute atomic E-state index is 0.885. The van der Waals surface area contributed by atoms with Crippen LogP contribution in [0.2, 0.25) is 0 Å². The van der Waals surface area contributed by atoms with Crippen molar-refractivity contribution in [2.24, 2.45) is 5.92 Å². The van der Waals surface area contributed by atoms with Crippen molar-refractivity contribution in [1.82, 2.24) is 9.88 Å². The summed E-state index contributed by atoms with van der Waals surface area (Å²) in [4.78, 5) is 7.06. The van der Waals surface area contributed by atoms with Crippen LogP contribution in [0.3, 0.4) is 0 Å². The van der Waals surface area contributed by atoms with Crippen LogP contribution in [0, 0.1) is 5.92 Å². The van der Waals surface area contributed by atoms with E-state index < -0.39 is 0 Å². The second-order valence-corrected chi connectivity index (χ2v) is 5.77. The number of aromatic nitrogens is 1. The lowest BCUT2D eigenvalue weighted by molar-refractivity contribution is 0.270. The molecular weight excluding hydrogens is 234 g/mol. The average molecular weight is 261 g/mol. The highest BCUT2D eigenvalue weighted by atomic mass is 15.1. The summed E-state index contributed by atoms with van der Waals surface area (Å²) < 4.78 is 0. The van der Waals surface area contributed by atoms with Crippen molar-refractivity contribution >= 4 is 5.69 Å². The van der Waals surface area contributed by atoms with Gasteiger partial charge in [-0.05, 0) is 56.8 Å². The molecule has 1 atom stereocenters. The Bertz CT molecular complexity index is 378. The van der Waals surface area contributed by atoms with Crippen molar-refractivity contribution < 1.29 is 0 Å². The summed E-state index contributed by atoms with van der Waals surface area (Å²) in [6, 6.07) is 4.26. The lowest BCUT2D eigenvalue weighted by atomic mass is 10.0. The smallest absolute Gasteiger partial charge is 0.0564 e. The van der Waals surface area contributed by atoms with Gasteiger partial charge in [0.1, 0.15) is 0 Å². The van der Waals surface area contributed by atoms with Gasteiger partial charge in [0, 0.05) is 25.0 Å². The van der Waals surface area contributed by atoms with Gasteiger partial charge in [0.05, 0.1) is 5.69 Å². The van der Waals surface area contributed by atoms with Crippen LogP contribution in [0.15, 0.2) is 18.3 Å². The molecule has 0 amide bonds.